The van der Waals surface area contributed by atoms with Crippen molar-refractivity contribution in [3.05, 3.63) is 64.2 Å². The fraction of sp³-hybridized carbons (Fsp3) is 0.188. The predicted octanol–water partition coefficient (Wildman–Crippen LogP) is 3.14. The number of aryl methyl sites for hydroxylation is 1. The lowest BCUT2D eigenvalue weighted by Crippen LogP contribution is -2.17. The summed E-state index contributed by atoms with van der Waals surface area (Å²) in [6, 6.07) is 12.7. The second-order valence-electron chi connectivity index (χ2n) is 4.51. The minimum atomic E-state index is -0.576. The molecule has 22 heavy (non-hydrogen) atoms. The summed E-state index contributed by atoms with van der Waals surface area (Å²) in [6.07, 6.45) is 0.933. The molecule has 114 valence electrons. The Morgan fingerprint density at radius 3 is 2.18 bits per heavy atom. The molecule has 0 atom stereocenters. The lowest BCUT2D eigenvalue weighted by molar-refractivity contribution is -0.384. The number of nitrogens with zero attached hydrogens (tertiary/aromatic N) is 1. The number of carbonyl (C=O) groups is 1. The molecule has 0 aliphatic rings. The fourth-order valence-electron chi connectivity index (χ4n) is 1.76. The van der Waals surface area contributed by atoms with Crippen molar-refractivity contribution in [2.45, 2.75) is 13.3 Å². The van der Waals surface area contributed by atoms with Gasteiger partial charge in [0.1, 0.15) is 11.5 Å². The second-order valence-corrected chi connectivity index (χ2v) is 4.51. The molecule has 0 unspecified atom stereocenters. The average Bonchev–Trinajstić information content (AvgIpc) is 2.54. The van der Waals surface area contributed by atoms with Gasteiger partial charge in [-0.05, 0) is 36.2 Å². The zero-order valence-electron chi connectivity index (χ0n) is 12.0. The van der Waals surface area contributed by atoms with E-state index in [1.807, 2.05) is 12.1 Å². The Bertz CT molecular complexity index is 649. The minimum absolute atomic E-state index is 0.0629. The molecule has 0 heterocycles. The first-order valence-electron chi connectivity index (χ1n) is 6.75. The third-order valence-electron chi connectivity index (χ3n) is 2.97. The molecule has 0 spiro atoms. The Balaban J connectivity index is 1.85. The molecule has 0 aliphatic carbocycles. The summed E-state index contributed by atoms with van der Waals surface area (Å²) in [6.45, 7) is 1.82. The average molecular weight is 301 g/mol. The number of hydrogen-bond acceptors (Lipinski definition) is 5. The Kier molecular flexibility index (Phi) is 5.08. The van der Waals surface area contributed by atoms with Crippen LogP contribution in [0.25, 0.3) is 0 Å². The molecule has 2 aromatic rings. The molecule has 6 nitrogen and oxygen atoms in total. The molecule has 0 radical (unpaired) electrons. The van der Waals surface area contributed by atoms with Gasteiger partial charge < -0.3 is 9.47 Å². The second kappa shape index (κ2) is 7.21. The summed E-state index contributed by atoms with van der Waals surface area (Å²) in [5.41, 5.74) is 1.12. The maximum Gasteiger partial charge on any atom is 0.349 e. The molecule has 0 aromatic heterocycles. The van der Waals surface area contributed by atoms with Gasteiger partial charge in [-0.25, -0.2) is 4.79 Å². The van der Waals surface area contributed by atoms with Crippen LogP contribution in [0.4, 0.5) is 5.69 Å². The van der Waals surface area contributed by atoms with E-state index in [2.05, 4.69) is 6.92 Å². The molecule has 0 bridgehead atoms. The first-order valence-corrected chi connectivity index (χ1v) is 6.75. The zero-order valence-corrected chi connectivity index (χ0v) is 12.0. The van der Waals surface area contributed by atoms with Crippen molar-refractivity contribution in [2.24, 2.45) is 0 Å². The van der Waals surface area contributed by atoms with Crippen LogP contribution in [0, 0.1) is 10.1 Å². The Morgan fingerprint density at radius 1 is 1.05 bits per heavy atom. The topological polar surface area (TPSA) is 78.7 Å². The molecule has 0 amide bonds. The van der Waals surface area contributed by atoms with Crippen molar-refractivity contribution in [3.8, 4) is 11.5 Å². The van der Waals surface area contributed by atoms with Gasteiger partial charge in [0.05, 0.1) is 4.92 Å². The lowest BCUT2D eigenvalue weighted by atomic mass is 10.2. The highest BCUT2D eigenvalue weighted by atomic mass is 16.6. The van der Waals surface area contributed by atoms with Gasteiger partial charge in [0.15, 0.2) is 6.61 Å². The van der Waals surface area contributed by atoms with E-state index in [0.717, 1.165) is 6.42 Å². The maximum absolute atomic E-state index is 11.6. The highest BCUT2D eigenvalue weighted by molar-refractivity contribution is 5.74. The van der Waals surface area contributed by atoms with E-state index in [0.29, 0.717) is 5.75 Å². The van der Waals surface area contributed by atoms with Gasteiger partial charge in [-0.3, -0.25) is 10.1 Å². The van der Waals surface area contributed by atoms with E-state index in [9.17, 15) is 14.9 Å². The number of nitro benzene ring substituents is 1. The molecule has 2 rings (SSSR count). The number of benzene rings is 2. The van der Waals surface area contributed by atoms with E-state index < -0.39 is 10.9 Å². The Hall–Kier alpha value is -2.89. The standard InChI is InChI=1S/C16H15NO5/c1-2-12-3-7-14(8-4-12)21-11-16(18)22-15-9-5-13(6-10-15)17(19)20/h3-10H,2,11H2,1H3. The van der Waals surface area contributed by atoms with Crippen molar-refractivity contribution in [2.75, 3.05) is 6.61 Å². The van der Waals surface area contributed by atoms with Crippen LogP contribution in [0.2, 0.25) is 0 Å². The maximum atomic E-state index is 11.6. The van der Waals surface area contributed by atoms with Crippen molar-refractivity contribution >= 4 is 11.7 Å². The summed E-state index contributed by atoms with van der Waals surface area (Å²) < 4.78 is 10.3. The molecular weight excluding hydrogens is 286 g/mol. The van der Waals surface area contributed by atoms with Gasteiger partial charge in [0.25, 0.3) is 5.69 Å². The number of hydrogen-bond donors (Lipinski definition) is 0. The minimum Gasteiger partial charge on any atom is -0.482 e. The Labute approximate surface area is 127 Å². The Morgan fingerprint density at radius 2 is 1.64 bits per heavy atom. The van der Waals surface area contributed by atoms with Crippen LogP contribution in [0.5, 0.6) is 11.5 Å². The number of carbonyl (C=O) groups excluding carboxylic acids is 1. The first kappa shape index (κ1) is 15.5. The molecule has 6 heteroatoms. The van der Waals surface area contributed by atoms with Gasteiger partial charge in [-0.1, -0.05) is 19.1 Å². The van der Waals surface area contributed by atoms with Crippen LogP contribution < -0.4 is 9.47 Å². The van der Waals surface area contributed by atoms with E-state index in [4.69, 9.17) is 9.47 Å². The van der Waals surface area contributed by atoms with Crippen LogP contribution >= 0.6 is 0 Å². The van der Waals surface area contributed by atoms with Crippen LogP contribution in [-0.4, -0.2) is 17.5 Å². The van der Waals surface area contributed by atoms with E-state index in [1.165, 1.54) is 29.8 Å². The fourth-order valence-corrected chi connectivity index (χ4v) is 1.76. The van der Waals surface area contributed by atoms with Crippen molar-refractivity contribution in [3.63, 3.8) is 0 Å². The SMILES string of the molecule is CCc1ccc(OCC(=O)Oc2ccc([N+](=O)[O-])cc2)cc1. The molecule has 2 aromatic carbocycles. The molecule has 0 saturated heterocycles. The molecule has 0 saturated carbocycles. The smallest absolute Gasteiger partial charge is 0.349 e. The largest absolute Gasteiger partial charge is 0.482 e. The van der Waals surface area contributed by atoms with Crippen molar-refractivity contribution in [1.82, 2.24) is 0 Å². The molecular formula is C16H15NO5. The molecule has 0 N–H and O–H groups in total. The van der Waals surface area contributed by atoms with Crippen LogP contribution in [-0.2, 0) is 11.2 Å². The normalized spacial score (nSPS) is 10.0. The molecule has 0 fully saturated rings. The summed E-state index contributed by atoms with van der Waals surface area (Å²) >= 11 is 0. The van der Waals surface area contributed by atoms with Crippen LogP contribution in [0.1, 0.15) is 12.5 Å². The van der Waals surface area contributed by atoms with E-state index in [-0.39, 0.29) is 18.0 Å². The van der Waals surface area contributed by atoms with Crippen molar-refractivity contribution < 1.29 is 19.2 Å². The summed E-state index contributed by atoms with van der Waals surface area (Å²) in [4.78, 5) is 21.6. The third kappa shape index (κ3) is 4.31. The van der Waals surface area contributed by atoms with Crippen LogP contribution in [0.3, 0.4) is 0 Å². The number of rotatable bonds is 6. The summed E-state index contributed by atoms with van der Waals surface area (Å²) in [5, 5.41) is 10.5. The highest BCUT2D eigenvalue weighted by Gasteiger charge is 2.09. The quantitative estimate of drug-likeness (QED) is 0.354. The lowest BCUT2D eigenvalue weighted by Gasteiger charge is -2.07. The predicted molar refractivity (Wildman–Crippen MR) is 80.0 cm³/mol. The number of ether oxygens (including phenoxy) is 2. The zero-order chi connectivity index (χ0) is 15.9. The van der Waals surface area contributed by atoms with Gasteiger partial charge >= 0.3 is 5.97 Å². The van der Waals surface area contributed by atoms with Gasteiger partial charge in [-0.15, -0.1) is 0 Å². The highest BCUT2D eigenvalue weighted by Crippen LogP contribution is 2.18. The van der Waals surface area contributed by atoms with E-state index in [1.54, 1.807) is 12.1 Å². The van der Waals surface area contributed by atoms with Crippen molar-refractivity contribution in [1.29, 1.82) is 0 Å². The van der Waals surface area contributed by atoms with Gasteiger partial charge in [0.2, 0.25) is 0 Å². The molecule has 0 aliphatic heterocycles. The third-order valence-corrected chi connectivity index (χ3v) is 2.97. The van der Waals surface area contributed by atoms with Gasteiger partial charge in [-0.2, -0.15) is 0 Å². The first-order chi connectivity index (χ1) is 10.6. The number of nitro groups is 1. The number of esters is 1. The monoisotopic (exact) mass is 301 g/mol. The van der Waals surface area contributed by atoms with Gasteiger partial charge in [0, 0.05) is 12.1 Å². The van der Waals surface area contributed by atoms with E-state index >= 15 is 0 Å². The number of non-ortho nitro benzene ring substituents is 1. The summed E-state index contributed by atoms with van der Waals surface area (Å²) in [7, 11) is 0. The summed E-state index contributed by atoms with van der Waals surface area (Å²) in [5.74, 6) is 0.242. The van der Waals surface area contributed by atoms with Crippen LogP contribution in [0.15, 0.2) is 48.5 Å².